The van der Waals surface area contributed by atoms with Gasteiger partial charge < -0.3 is 5.73 Å². The fourth-order valence-electron chi connectivity index (χ4n) is 2.35. The van der Waals surface area contributed by atoms with E-state index in [9.17, 15) is 8.42 Å². The maximum absolute atomic E-state index is 12.3. The molecule has 6 heteroatoms. The second-order valence-electron chi connectivity index (χ2n) is 5.57. The smallest absolute Gasteiger partial charge is 0.216 e. The summed E-state index contributed by atoms with van der Waals surface area (Å²) in [4.78, 5) is 0. The first-order chi connectivity index (χ1) is 9.38. The molecule has 5 nitrogen and oxygen atoms in total. The molecule has 1 aliphatic rings. The van der Waals surface area contributed by atoms with E-state index in [1.165, 1.54) is 0 Å². The summed E-state index contributed by atoms with van der Waals surface area (Å²) in [5, 5.41) is 8.83. The summed E-state index contributed by atoms with van der Waals surface area (Å²) >= 11 is 0. The van der Waals surface area contributed by atoms with Crippen LogP contribution < -0.4 is 10.5 Å². The monoisotopic (exact) mass is 293 g/mol. The maximum Gasteiger partial charge on any atom is 0.216 e. The predicted molar refractivity (Wildman–Crippen MR) is 77.1 cm³/mol. The Labute approximate surface area is 119 Å². The van der Waals surface area contributed by atoms with Crippen LogP contribution in [0, 0.1) is 17.2 Å². The lowest BCUT2D eigenvalue weighted by Gasteiger charge is -2.29. The minimum absolute atomic E-state index is 0.134. The van der Waals surface area contributed by atoms with E-state index >= 15 is 0 Å². The molecule has 0 amide bonds. The molecule has 1 saturated carbocycles. The summed E-state index contributed by atoms with van der Waals surface area (Å²) in [6, 6.07) is 8.64. The largest absolute Gasteiger partial charge is 0.329 e. The maximum atomic E-state index is 12.3. The predicted octanol–water partition coefficient (Wildman–Crippen LogP) is 1.11. The molecule has 1 aliphatic carbocycles. The number of benzene rings is 1. The highest BCUT2D eigenvalue weighted by Crippen LogP contribution is 2.39. The van der Waals surface area contributed by atoms with Gasteiger partial charge in [-0.15, -0.1) is 0 Å². The summed E-state index contributed by atoms with van der Waals surface area (Å²) in [5.41, 5.74) is 6.22. The van der Waals surface area contributed by atoms with Crippen LogP contribution in [0.4, 0.5) is 0 Å². The Kier molecular flexibility index (Phi) is 4.14. The number of hydrogen-bond donors (Lipinski definition) is 2. The van der Waals surface area contributed by atoms with Crippen LogP contribution in [0.1, 0.15) is 30.9 Å². The normalized spacial score (nSPS) is 18.2. The molecular weight excluding hydrogens is 274 g/mol. The van der Waals surface area contributed by atoms with Crippen molar-refractivity contribution in [3.8, 4) is 6.07 Å². The van der Waals surface area contributed by atoms with E-state index in [0.717, 1.165) is 12.8 Å². The molecule has 1 atom stereocenters. The number of nitriles is 1. The standard InChI is InChI=1S/C14H19N3O2S/c1-14(10-16,13-5-6-13)17-20(18,19)9-12-4-2-3-11(7-12)8-15/h2-4,7,13,17H,5-6,9-10,16H2,1H3. The summed E-state index contributed by atoms with van der Waals surface area (Å²) in [7, 11) is -3.47. The zero-order chi connectivity index (χ0) is 14.8. The molecule has 2 rings (SSSR count). The van der Waals surface area contributed by atoms with Crippen molar-refractivity contribution >= 4 is 10.0 Å². The quantitative estimate of drug-likeness (QED) is 0.821. The van der Waals surface area contributed by atoms with Crippen molar-refractivity contribution in [3.05, 3.63) is 35.4 Å². The van der Waals surface area contributed by atoms with Crippen molar-refractivity contribution in [3.63, 3.8) is 0 Å². The molecule has 0 aliphatic heterocycles. The summed E-state index contributed by atoms with van der Waals surface area (Å²) in [5.74, 6) is 0.192. The zero-order valence-corrected chi connectivity index (χ0v) is 12.3. The number of sulfonamides is 1. The zero-order valence-electron chi connectivity index (χ0n) is 11.5. The van der Waals surface area contributed by atoms with Gasteiger partial charge in [-0.1, -0.05) is 12.1 Å². The molecule has 1 fully saturated rings. The van der Waals surface area contributed by atoms with Gasteiger partial charge in [-0.05, 0) is 43.4 Å². The molecule has 1 aromatic carbocycles. The number of rotatable bonds is 6. The lowest BCUT2D eigenvalue weighted by Crippen LogP contribution is -2.53. The van der Waals surface area contributed by atoms with Gasteiger partial charge in [0.25, 0.3) is 0 Å². The van der Waals surface area contributed by atoms with Crippen molar-refractivity contribution in [2.24, 2.45) is 11.7 Å². The number of hydrogen-bond acceptors (Lipinski definition) is 4. The van der Waals surface area contributed by atoms with E-state index in [1.807, 2.05) is 13.0 Å². The molecule has 3 N–H and O–H groups in total. The summed E-state index contributed by atoms with van der Waals surface area (Å²) in [6.07, 6.45) is 2.03. The van der Waals surface area contributed by atoms with Gasteiger partial charge in [-0.2, -0.15) is 5.26 Å². The average Bonchev–Trinajstić information content (AvgIpc) is 3.22. The van der Waals surface area contributed by atoms with Crippen LogP contribution in [-0.2, 0) is 15.8 Å². The third-order valence-corrected chi connectivity index (χ3v) is 5.19. The molecule has 1 aromatic rings. The van der Waals surface area contributed by atoms with E-state index in [-0.39, 0.29) is 12.3 Å². The molecule has 0 aromatic heterocycles. The number of nitrogens with one attached hydrogen (secondary N) is 1. The highest BCUT2D eigenvalue weighted by atomic mass is 32.2. The van der Waals surface area contributed by atoms with Gasteiger partial charge in [0.15, 0.2) is 0 Å². The van der Waals surface area contributed by atoms with Crippen LogP contribution in [0.3, 0.4) is 0 Å². The minimum atomic E-state index is -3.47. The number of nitrogens with two attached hydrogens (primary N) is 1. The molecular formula is C14H19N3O2S. The average molecular weight is 293 g/mol. The fourth-order valence-corrected chi connectivity index (χ4v) is 4.00. The minimum Gasteiger partial charge on any atom is -0.329 e. The van der Waals surface area contributed by atoms with Crippen LogP contribution in [0.5, 0.6) is 0 Å². The van der Waals surface area contributed by atoms with Gasteiger partial charge in [-0.3, -0.25) is 0 Å². The lowest BCUT2D eigenvalue weighted by atomic mass is 9.98. The van der Waals surface area contributed by atoms with E-state index in [0.29, 0.717) is 17.0 Å². The Morgan fingerprint density at radius 1 is 1.50 bits per heavy atom. The van der Waals surface area contributed by atoms with Crippen LogP contribution >= 0.6 is 0 Å². The van der Waals surface area contributed by atoms with E-state index in [4.69, 9.17) is 11.0 Å². The van der Waals surface area contributed by atoms with Crippen LogP contribution in [0.25, 0.3) is 0 Å². The van der Waals surface area contributed by atoms with Gasteiger partial charge in [0.1, 0.15) is 0 Å². The van der Waals surface area contributed by atoms with Crippen LogP contribution in [-0.4, -0.2) is 20.5 Å². The van der Waals surface area contributed by atoms with E-state index in [1.54, 1.807) is 24.3 Å². The molecule has 0 heterocycles. The Morgan fingerprint density at radius 3 is 2.75 bits per heavy atom. The molecule has 1 unspecified atom stereocenters. The third-order valence-electron chi connectivity index (χ3n) is 3.70. The van der Waals surface area contributed by atoms with Gasteiger partial charge in [0.05, 0.1) is 17.4 Å². The molecule has 0 radical (unpaired) electrons. The first kappa shape index (κ1) is 15.0. The van der Waals surface area contributed by atoms with Gasteiger partial charge >= 0.3 is 0 Å². The van der Waals surface area contributed by atoms with Crippen molar-refractivity contribution < 1.29 is 8.42 Å². The fraction of sp³-hybridized carbons (Fsp3) is 0.500. The number of nitrogens with zero attached hydrogens (tertiary/aromatic N) is 1. The molecule has 20 heavy (non-hydrogen) atoms. The second kappa shape index (κ2) is 5.52. The second-order valence-corrected chi connectivity index (χ2v) is 7.29. The lowest BCUT2D eigenvalue weighted by molar-refractivity contribution is 0.374. The van der Waals surface area contributed by atoms with Crippen molar-refractivity contribution in [2.45, 2.75) is 31.1 Å². The Morgan fingerprint density at radius 2 is 2.20 bits per heavy atom. The molecule has 0 spiro atoms. The summed E-state index contributed by atoms with van der Waals surface area (Å²) in [6.45, 7) is 2.14. The van der Waals surface area contributed by atoms with E-state index < -0.39 is 15.6 Å². The van der Waals surface area contributed by atoms with Crippen LogP contribution in [0.15, 0.2) is 24.3 Å². The first-order valence-electron chi connectivity index (χ1n) is 6.59. The molecule has 0 bridgehead atoms. The van der Waals surface area contributed by atoms with Crippen LogP contribution in [0.2, 0.25) is 0 Å². The Hall–Kier alpha value is -1.42. The SMILES string of the molecule is CC(CN)(NS(=O)(=O)Cc1cccc(C#N)c1)C1CC1. The molecule has 0 saturated heterocycles. The Balaban J connectivity index is 2.12. The Bertz CT molecular complexity index is 632. The highest BCUT2D eigenvalue weighted by molar-refractivity contribution is 7.88. The third kappa shape index (κ3) is 3.57. The summed E-state index contributed by atoms with van der Waals surface area (Å²) < 4.78 is 27.2. The van der Waals surface area contributed by atoms with E-state index in [2.05, 4.69) is 4.72 Å². The first-order valence-corrected chi connectivity index (χ1v) is 8.24. The van der Waals surface area contributed by atoms with Crippen molar-refractivity contribution in [1.82, 2.24) is 4.72 Å². The van der Waals surface area contributed by atoms with Gasteiger partial charge in [0.2, 0.25) is 10.0 Å². The van der Waals surface area contributed by atoms with Crippen molar-refractivity contribution in [2.75, 3.05) is 6.54 Å². The molecule has 108 valence electrons. The highest BCUT2D eigenvalue weighted by Gasteiger charge is 2.42. The van der Waals surface area contributed by atoms with Gasteiger partial charge in [0, 0.05) is 12.1 Å². The van der Waals surface area contributed by atoms with Gasteiger partial charge in [-0.25, -0.2) is 13.1 Å². The van der Waals surface area contributed by atoms with Crippen molar-refractivity contribution in [1.29, 1.82) is 5.26 Å². The topological polar surface area (TPSA) is 96.0 Å².